The Morgan fingerprint density at radius 3 is 2.58 bits per heavy atom. The number of nitrogens with zero attached hydrogens (tertiary/aromatic N) is 4. The maximum absolute atomic E-state index is 14.9. The average molecular weight is 442 g/mol. The van der Waals surface area contributed by atoms with Gasteiger partial charge in [-0.1, -0.05) is 12.1 Å². The maximum atomic E-state index is 14.9. The first-order valence-electron chi connectivity index (χ1n) is 9.86. The third kappa shape index (κ3) is 3.56. The largest absolute Gasteiger partial charge is 0.386 e. The molecule has 0 aliphatic carbocycles. The van der Waals surface area contributed by atoms with Crippen LogP contribution in [0.2, 0.25) is 0 Å². The molecule has 0 unspecified atom stereocenters. The number of hydrogen-bond donors (Lipinski definition) is 1. The molecule has 4 rings (SSSR count). The van der Waals surface area contributed by atoms with Crippen molar-refractivity contribution in [3.05, 3.63) is 65.0 Å². The third-order valence-corrected chi connectivity index (χ3v) is 8.61. The van der Waals surface area contributed by atoms with Crippen molar-refractivity contribution in [2.75, 3.05) is 5.75 Å². The van der Waals surface area contributed by atoms with Gasteiger partial charge in [0.25, 0.3) is 0 Å². The second-order valence-electron chi connectivity index (χ2n) is 8.73. The van der Waals surface area contributed by atoms with Crippen LogP contribution >= 0.6 is 0 Å². The molecule has 3 heterocycles. The standard InChI is InChI=1S/C22H24FN5O2S/c1-13-7-17-19(25-10-13)18(27-12-26-17)9-14-5-6-16(23)15(8-14)22(4)11-31(29,30)21(2,3)20(24)28-22/h5-8,10,12H,9,11H2,1-4H3,(H2,24,28)/t22-/m0/s1. The zero-order chi connectivity index (χ0) is 22.6. The molecule has 1 aromatic carbocycles. The Morgan fingerprint density at radius 1 is 1.13 bits per heavy atom. The van der Waals surface area contributed by atoms with Crippen molar-refractivity contribution in [3.63, 3.8) is 0 Å². The lowest BCUT2D eigenvalue weighted by atomic mass is 9.91. The van der Waals surface area contributed by atoms with E-state index >= 15 is 0 Å². The normalized spacial score (nSPS) is 22.3. The predicted molar refractivity (Wildman–Crippen MR) is 118 cm³/mol. The Kier molecular flexibility index (Phi) is 4.84. The first-order valence-corrected chi connectivity index (χ1v) is 11.5. The molecule has 2 N–H and O–H groups in total. The summed E-state index contributed by atoms with van der Waals surface area (Å²) in [5.41, 5.74) is 8.74. The predicted octanol–water partition coefficient (Wildman–Crippen LogP) is 2.84. The molecule has 1 atom stereocenters. The van der Waals surface area contributed by atoms with E-state index in [9.17, 15) is 12.8 Å². The van der Waals surface area contributed by atoms with E-state index < -0.39 is 25.9 Å². The summed E-state index contributed by atoms with van der Waals surface area (Å²) < 4.78 is 39.3. The summed E-state index contributed by atoms with van der Waals surface area (Å²) in [4.78, 5) is 17.5. The van der Waals surface area contributed by atoms with Crippen LogP contribution in [0.15, 0.2) is 41.8 Å². The van der Waals surface area contributed by atoms with E-state index in [4.69, 9.17) is 5.73 Å². The molecule has 1 aliphatic rings. The number of aromatic nitrogens is 3. The van der Waals surface area contributed by atoms with Crippen LogP contribution in [0.4, 0.5) is 4.39 Å². The van der Waals surface area contributed by atoms with Crippen LogP contribution in [0.3, 0.4) is 0 Å². The van der Waals surface area contributed by atoms with Crippen LogP contribution in [-0.2, 0) is 21.8 Å². The number of benzene rings is 1. The molecule has 0 spiro atoms. The van der Waals surface area contributed by atoms with Crippen LogP contribution in [0, 0.1) is 12.7 Å². The van der Waals surface area contributed by atoms with Crippen LogP contribution in [0.5, 0.6) is 0 Å². The average Bonchev–Trinajstić information content (AvgIpc) is 2.67. The molecule has 0 radical (unpaired) electrons. The minimum Gasteiger partial charge on any atom is -0.386 e. The van der Waals surface area contributed by atoms with E-state index in [1.54, 1.807) is 25.3 Å². The summed E-state index contributed by atoms with van der Waals surface area (Å²) in [6, 6.07) is 6.55. The van der Waals surface area contributed by atoms with Gasteiger partial charge in [0, 0.05) is 18.2 Å². The Hall–Kier alpha value is -2.94. The van der Waals surface area contributed by atoms with Crippen molar-refractivity contribution < 1.29 is 12.8 Å². The zero-order valence-electron chi connectivity index (χ0n) is 17.8. The molecule has 9 heteroatoms. The fraction of sp³-hybridized carbons (Fsp3) is 0.364. The molecule has 0 fully saturated rings. The molecular formula is C22H24FN5O2S. The summed E-state index contributed by atoms with van der Waals surface area (Å²) in [6.07, 6.45) is 3.61. The fourth-order valence-electron chi connectivity index (χ4n) is 3.79. The van der Waals surface area contributed by atoms with Crippen molar-refractivity contribution in [1.29, 1.82) is 0 Å². The van der Waals surface area contributed by atoms with Crippen LogP contribution in [-0.4, -0.2) is 39.7 Å². The molecule has 0 bridgehead atoms. The number of fused-ring (bicyclic) bond motifs is 1. The summed E-state index contributed by atoms with van der Waals surface area (Å²) in [5, 5.41) is 0. The summed E-state index contributed by atoms with van der Waals surface area (Å²) in [6.45, 7) is 6.57. The molecule has 2 aromatic heterocycles. The van der Waals surface area contributed by atoms with E-state index in [2.05, 4.69) is 19.9 Å². The van der Waals surface area contributed by atoms with Gasteiger partial charge in [-0.2, -0.15) is 0 Å². The van der Waals surface area contributed by atoms with E-state index in [1.165, 1.54) is 26.2 Å². The first-order chi connectivity index (χ1) is 14.4. The molecule has 0 amide bonds. The number of hydrogen-bond acceptors (Lipinski definition) is 7. The smallest absolute Gasteiger partial charge is 0.165 e. The van der Waals surface area contributed by atoms with Crippen LogP contribution < -0.4 is 5.73 Å². The Morgan fingerprint density at radius 2 is 1.87 bits per heavy atom. The van der Waals surface area contributed by atoms with Crippen molar-refractivity contribution in [2.24, 2.45) is 10.7 Å². The molecule has 1 aliphatic heterocycles. The maximum Gasteiger partial charge on any atom is 0.165 e. The Balaban J connectivity index is 1.78. The van der Waals surface area contributed by atoms with Crippen LogP contribution in [0.25, 0.3) is 11.0 Å². The molecule has 0 saturated heterocycles. The number of rotatable bonds is 3. The van der Waals surface area contributed by atoms with E-state index in [0.717, 1.165) is 16.6 Å². The minimum absolute atomic E-state index is 0.0209. The van der Waals surface area contributed by atoms with E-state index in [0.29, 0.717) is 17.6 Å². The third-order valence-electron chi connectivity index (χ3n) is 5.90. The number of aryl methyl sites for hydroxylation is 1. The topological polar surface area (TPSA) is 111 Å². The molecule has 0 saturated carbocycles. The van der Waals surface area contributed by atoms with Crippen molar-refractivity contribution in [3.8, 4) is 0 Å². The van der Waals surface area contributed by atoms with Crippen molar-refractivity contribution >= 4 is 26.7 Å². The molecule has 7 nitrogen and oxygen atoms in total. The highest BCUT2D eigenvalue weighted by Crippen LogP contribution is 2.38. The van der Waals surface area contributed by atoms with Gasteiger partial charge >= 0.3 is 0 Å². The van der Waals surface area contributed by atoms with Crippen molar-refractivity contribution in [2.45, 2.75) is 44.4 Å². The number of amidine groups is 1. The number of nitrogens with two attached hydrogens (primary N) is 1. The number of halogens is 1. The van der Waals surface area contributed by atoms with Gasteiger partial charge in [-0.05, 0) is 51.0 Å². The van der Waals surface area contributed by atoms with E-state index in [1.807, 2.05) is 13.0 Å². The lowest BCUT2D eigenvalue weighted by molar-refractivity contribution is 0.475. The number of pyridine rings is 1. The molecule has 3 aromatic rings. The number of aliphatic imine (C=N–C) groups is 1. The van der Waals surface area contributed by atoms with Gasteiger partial charge in [-0.25, -0.2) is 22.8 Å². The minimum atomic E-state index is -3.64. The van der Waals surface area contributed by atoms with E-state index in [-0.39, 0.29) is 17.2 Å². The summed E-state index contributed by atoms with van der Waals surface area (Å²) >= 11 is 0. The molecule has 162 valence electrons. The summed E-state index contributed by atoms with van der Waals surface area (Å²) in [7, 11) is -3.64. The SMILES string of the molecule is Cc1cnc2c(Cc3ccc(F)c([C@]4(C)CS(=O)(=O)C(C)(C)C(N)=N4)c3)ncnc2c1. The molecule has 31 heavy (non-hydrogen) atoms. The lowest BCUT2D eigenvalue weighted by Gasteiger charge is -2.38. The Bertz CT molecular complexity index is 1340. The highest BCUT2D eigenvalue weighted by atomic mass is 32.2. The van der Waals surface area contributed by atoms with Gasteiger partial charge in [0.2, 0.25) is 0 Å². The highest BCUT2D eigenvalue weighted by molar-refractivity contribution is 7.93. The number of sulfone groups is 1. The van der Waals surface area contributed by atoms with Gasteiger partial charge in [-0.3, -0.25) is 9.98 Å². The monoisotopic (exact) mass is 441 g/mol. The quantitative estimate of drug-likeness (QED) is 0.669. The van der Waals surface area contributed by atoms with Crippen LogP contribution in [0.1, 0.15) is 43.2 Å². The van der Waals surface area contributed by atoms with Gasteiger partial charge in [0.1, 0.15) is 33.8 Å². The second kappa shape index (κ2) is 7.05. The van der Waals surface area contributed by atoms with Gasteiger partial charge in [-0.15, -0.1) is 0 Å². The second-order valence-corrected chi connectivity index (χ2v) is 11.3. The highest BCUT2D eigenvalue weighted by Gasteiger charge is 2.49. The lowest BCUT2D eigenvalue weighted by Crippen LogP contribution is -2.55. The van der Waals surface area contributed by atoms with Gasteiger partial charge in [0.05, 0.1) is 17.0 Å². The van der Waals surface area contributed by atoms with Gasteiger partial charge in [0.15, 0.2) is 9.84 Å². The zero-order valence-corrected chi connectivity index (χ0v) is 18.7. The van der Waals surface area contributed by atoms with Crippen molar-refractivity contribution in [1.82, 2.24) is 15.0 Å². The fourth-order valence-corrected chi connectivity index (χ4v) is 5.48. The summed E-state index contributed by atoms with van der Waals surface area (Å²) in [5.74, 6) is -0.878. The van der Waals surface area contributed by atoms with Gasteiger partial charge < -0.3 is 5.73 Å². The Labute approximate surface area is 180 Å². The first kappa shape index (κ1) is 21.3. The molecular weight excluding hydrogens is 417 g/mol.